The number of nitrogens with two attached hydrogens (primary N) is 1. The number of hydrogen-bond acceptors (Lipinski definition) is 3. The first-order valence-corrected chi connectivity index (χ1v) is 8.97. The predicted octanol–water partition coefficient (Wildman–Crippen LogP) is 4.15. The van der Waals surface area contributed by atoms with Crippen LogP contribution in [0.2, 0.25) is 0 Å². The van der Waals surface area contributed by atoms with Gasteiger partial charge in [0.2, 0.25) is 5.91 Å². The largest absolute Gasteiger partial charge is 0.366 e. The van der Waals surface area contributed by atoms with Crippen LogP contribution >= 0.6 is 24.8 Å². The van der Waals surface area contributed by atoms with Gasteiger partial charge >= 0.3 is 0 Å². The number of pyridine rings is 1. The molecule has 3 heterocycles. The smallest absolute Gasteiger partial charge is 0.249 e. The van der Waals surface area contributed by atoms with Crippen LogP contribution in [0.5, 0.6) is 0 Å². The quantitative estimate of drug-likeness (QED) is 0.594. The first-order chi connectivity index (χ1) is 12.7. The number of primary amides is 1. The van der Waals surface area contributed by atoms with Crippen LogP contribution in [0.4, 0.5) is 0 Å². The van der Waals surface area contributed by atoms with Gasteiger partial charge in [-0.25, -0.2) is 0 Å². The minimum Gasteiger partial charge on any atom is -0.366 e. The van der Waals surface area contributed by atoms with E-state index in [1.54, 1.807) is 18.5 Å². The van der Waals surface area contributed by atoms with E-state index >= 15 is 0 Å². The van der Waals surface area contributed by atoms with Gasteiger partial charge in [-0.1, -0.05) is 18.2 Å². The van der Waals surface area contributed by atoms with Crippen molar-refractivity contribution in [1.29, 1.82) is 0 Å². The van der Waals surface area contributed by atoms with E-state index in [9.17, 15) is 4.79 Å². The molecular formula is C21H24Cl2N4O. The van der Waals surface area contributed by atoms with E-state index in [2.05, 4.69) is 21.4 Å². The molecule has 1 aliphatic rings. The summed E-state index contributed by atoms with van der Waals surface area (Å²) >= 11 is 0. The first-order valence-electron chi connectivity index (χ1n) is 8.97. The zero-order valence-electron chi connectivity index (χ0n) is 15.4. The van der Waals surface area contributed by atoms with Gasteiger partial charge in [-0.2, -0.15) is 0 Å². The fourth-order valence-corrected chi connectivity index (χ4v) is 3.75. The summed E-state index contributed by atoms with van der Waals surface area (Å²) in [6.45, 7) is 2.01. The Bertz CT molecular complexity index is 921. The third-order valence-corrected chi connectivity index (χ3v) is 5.07. The molecule has 0 atom stereocenters. The van der Waals surface area contributed by atoms with E-state index in [0.29, 0.717) is 11.5 Å². The molecular weight excluding hydrogens is 395 g/mol. The molecule has 148 valence electrons. The highest BCUT2D eigenvalue weighted by atomic mass is 35.5. The second-order valence-corrected chi connectivity index (χ2v) is 6.68. The van der Waals surface area contributed by atoms with Crippen molar-refractivity contribution in [3.63, 3.8) is 0 Å². The normalized spacial score (nSPS) is 14.0. The fraction of sp³-hybridized carbons (Fsp3) is 0.238. The van der Waals surface area contributed by atoms with Gasteiger partial charge in [0, 0.05) is 46.4 Å². The highest BCUT2D eigenvalue weighted by molar-refractivity contribution is 6.00. The van der Waals surface area contributed by atoms with Gasteiger partial charge in [-0.05, 0) is 55.8 Å². The molecule has 1 fully saturated rings. The number of halogens is 2. The molecule has 3 aromatic rings. The molecule has 5 nitrogen and oxygen atoms in total. The van der Waals surface area contributed by atoms with Crippen LogP contribution in [-0.2, 0) is 0 Å². The van der Waals surface area contributed by atoms with E-state index in [1.807, 2.05) is 30.3 Å². The number of aromatic amines is 1. The van der Waals surface area contributed by atoms with E-state index in [1.165, 1.54) is 5.69 Å². The lowest BCUT2D eigenvalue weighted by Crippen LogP contribution is -2.27. The van der Waals surface area contributed by atoms with Crippen molar-refractivity contribution in [1.82, 2.24) is 15.3 Å². The summed E-state index contributed by atoms with van der Waals surface area (Å²) < 4.78 is 0. The predicted molar refractivity (Wildman–Crippen MR) is 117 cm³/mol. The first kappa shape index (κ1) is 22.0. The van der Waals surface area contributed by atoms with Crippen LogP contribution in [0.25, 0.3) is 22.4 Å². The maximum Gasteiger partial charge on any atom is 0.249 e. The average molecular weight is 419 g/mol. The molecule has 1 aromatic carbocycles. The van der Waals surface area contributed by atoms with Crippen molar-refractivity contribution in [3.05, 3.63) is 66.1 Å². The number of nitrogens with zero attached hydrogens (tertiary/aromatic N) is 1. The van der Waals surface area contributed by atoms with Crippen LogP contribution < -0.4 is 11.1 Å². The van der Waals surface area contributed by atoms with E-state index in [-0.39, 0.29) is 24.8 Å². The molecule has 0 aliphatic carbocycles. The summed E-state index contributed by atoms with van der Waals surface area (Å²) in [6.07, 6.45) is 5.72. The van der Waals surface area contributed by atoms with Gasteiger partial charge in [0.05, 0.1) is 0 Å². The van der Waals surface area contributed by atoms with E-state index < -0.39 is 5.91 Å². The maximum atomic E-state index is 12.0. The number of carbonyl (C=O) groups is 1. The molecule has 0 saturated carbocycles. The standard InChI is InChI=1S/C21H22N4O.2ClH/c22-21(26)17-4-2-1-3-16(17)18-13-19(14-5-9-23-10-6-14)25-20(18)15-7-11-24-12-8-15;;/h1-6,9-10,13,15,24-25H,7-8,11-12H2,(H2,22,26);2*1H. The van der Waals surface area contributed by atoms with Crippen LogP contribution in [0, 0.1) is 0 Å². The van der Waals surface area contributed by atoms with E-state index in [0.717, 1.165) is 48.3 Å². The topological polar surface area (TPSA) is 83.8 Å². The van der Waals surface area contributed by atoms with E-state index in [4.69, 9.17) is 5.73 Å². The molecule has 0 radical (unpaired) electrons. The van der Waals surface area contributed by atoms with Gasteiger partial charge in [0.15, 0.2) is 0 Å². The number of hydrogen-bond donors (Lipinski definition) is 3. The summed E-state index contributed by atoms with van der Waals surface area (Å²) in [7, 11) is 0. The Morgan fingerprint density at radius 2 is 1.68 bits per heavy atom. The highest BCUT2D eigenvalue weighted by Crippen LogP contribution is 2.38. The monoisotopic (exact) mass is 418 g/mol. The number of amides is 1. The van der Waals surface area contributed by atoms with Crippen molar-refractivity contribution in [3.8, 4) is 22.4 Å². The zero-order chi connectivity index (χ0) is 17.9. The summed E-state index contributed by atoms with van der Waals surface area (Å²) in [5, 5.41) is 3.42. The summed E-state index contributed by atoms with van der Waals surface area (Å²) in [5.74, 6) is 0.0336. The lowest BCUT2D eigenvalue weighted by Gasteiger charge is -2.23. The highest BCUT2D eigenvalue weighted by Gasteiger charge is 2.23. The van der Waals surface area contributed by atoms with Crippen molar-refractivity contribution in [2.24, 2.45) is 5.73 Å². The molecule has 0 bridgehead atoms. The molecule has 1 aliphatic heterocycles. The number of H-pyrrole nitrogens is 1. The molecule has 1 saturated heterocycles. The Morgan fingerprint density at radius 1 is 1.00 bits per heavy atom. The van der Waals surface area contributed by atoms with Crippen molar-refractivity contribution in [2.45, 2.75) is 18.8 Å². The van der Waals surface area contributed by atoms with Crippen molar-refractivity contribution < 1.29 is 4.79 Å². The number of carbonyl (C=O) groups excluding carboxylic acids is 1. The minimum absolute atomic E-state index is 0. The minimum atomic E-state index is -0.400. The van der Waals surface area contributed by atoms with Gasteiger partial charge in [-0.15, -0.1) is 24.8 Å². The fourth-order valence-electron chi connectivity index (χ4n) is 3.75. The van der Waals surface area contributed by atoms with Gasteiger partial charge < -0.3 is 16.0 Å². The molecule has 4 rings (SSSR count). The Morgan fingerprint density at radius 3 is 2.36 bits per heavy atom. The number of benzene rings is 1. The second kappa shape index (κ2) is 9.73. The number of nitrogens with one attached hydrogen (secondary N) is 2. The Kier molecular flexibility index (Phi) is 7.63. The lowest BCUT2D eigenvalue weighted by atomic mass is 9.89. The molecule has 0 spiro atoms. The second-order valence-electron chi connectivity index (χ2n) is 6.68. The van der Waals surface area contributed by atoms with Crippen molar-refractivity contribution in [2.75, 3.05) is 13.1 Å². The summed E-state index contributed by atoms with van der Waals surface area (Å²) in [4.78, 5) is 19.7. The Hall–Kier alpha value is -2.34. The Balaban J connectivity index is 0.00000140. The van der Waals surface area contributed by atoms with Gasteiger partial charge in [0.1, 0.15) is 0 Å². The van der Waals surface area contributed by atoms with Crippen LogP contribution in [-0.4, -0.2) is 29.0 Å². The van der Waals surface area contributed by atoms with Crippen molar-refractivity contribution >= 4 is 30.7 Å². The molecule has 7 heteroatoms. The Labute approximate surface area is 177 Å². The summed E-state index contributed by atoms with van der Waals surface area (Å²) in [6, 6.07) is 13.7. The molecule has 1 amide bonds. The zero-order valence-corrected chi connectivity index (χ0v) is 17.0. The number of aromatic nitrogens is 2. The SMILES string of the molecule is Cl.Cl.NC(=O)c1ccccc1-c1cc(-c2ccncc2)[nH]c1C1CCNCC1. The average Bonchev–Trinajstić information content (AvgIpc) is 3.14. The van der Waals surface area contributed by atoms with Crippen LogP contribution in [0.3, 0.4) is 0 Å². The summed E-state index contributed by atoms with van der Waals surface area (Å²) in [5.41, 5.74) is 11.5. The third kappa shape index (κ3) is 4.38. The maximum absolute atomic E-state index is 12.0. The van der Waals surface area contributed by atoms with Gasteiger partial charge in [0.25, 0.3) is 0 Å². The van der Waals surface area contributed by atoms with Crippen LogP contribution in [0.1, 0.15) is 34.8 Å². The molecule has 28 heavy (non-hydrogen) atoms. The van der Waals surface area contributed by atoms with Crippen LogP contribution in [0.15, 0.2) is 54.9 Å². The number of rotatable bonds is 4. The molecule has 0 unspecified atom stereocenters. The number of piperidine rings is 1. The molecule has 2 aromatic heterocycles. The lowest BCUT2D eigenvalue weighted by molar-refractivity contribution is 0.100. The third-order valence-electron chi connectivity index (χ3n) is 5.07. The molecule has 4 N–H and O–H groups in total. The van der Waals surface area contributed by atoms with Gasteiger partial charge in [-0.3, -0.25) is 9.78 Å².